The Kier molecular flexibility index (Phi) is 5.32. The molecule has 0 aliphatic rings. The molecule has 0 amide bonds. The molecule has 6 nitrogen and oxygen atoms in total. The number of nitro groups is 1. The van der Waals surface area contributed by atoms with E-state index in [1.54, 1.807) is 13.0 Å². The van der Waals surface area contributed by atoms with E-state index in [1.165, 1.54) is 23.9 Å². The predicted molar refractivity (Wildman–Crippen MR) is 86.2 cm³/mol. The first-order valence-corrected chi connectivity index (χ1v) is 7.95. The Morgan fingerprint density at radius 2 is 2.18 bits per heavy atom. The van der Waals surface area contributed by atoms with Gasteiger partial charge in [0.2, 0.25) is 0 Å². The molecule has 0 atom stereocenters. The lowest BCUT2D eigenvalue weighted by Gasteiger charge is -2.06. The minimum Gasteiger partial charge on any atom is -0.301 e. The van der Waals surface area contributed by atoms with Crippen molar-refractivity contribution in [3.63, 3.8) is 0 Å². The molecule has 1 aromatic heterocycles. The summed E-state index contributed by atoms with van der Waals surface area (Å²) in [6.45, 7) is 3.76. The highest BCUT2D eigenvalue weighted by molar-refractivity contribution is 7.98. The van der Waals surface area contributed by atoms with Gasteiger partial charge >= 0.3 is 0 Å². The molecule has 2 aromatic rings. The summed E-state index contributed by atoms with van der Waals surface area (Å²) in [5.74, 6) is 0.520. The van der Waals surface area contributed by atoms with Crippen LogP contribution in [0.4, 0.5) is 5.69 Å². The molecule has 0 radical (unpaired) electrons. The van der Waals surface area contributed by atoms with Crippen LogP contribution in [0.5, 0.6) is 0 Å². The Balaban J connectivity index is 2.18. The minimum atomic E-state index is -0.383. The molecule has 1 heterocycles. The molecule has 0 aliphatic carbocycles. The molecule has 1 N–H and O–H groups in total. The quantitative estimate of drug-likeness (QED) is 0.382. The summed E-state index contributed by atoms with van der Waals surface area (Å²) in [5, 5.41) is 11.5. The van der Waals surface area contributed by atoms with E-state index in [-0.39, 0.29) is 16.2 Å². The first kappa shape index (κ1) is 16.2. The third kappa shape index (κ3) is 3.94. The zero-order valence-electron chi connectivity index (χ0n) is 12.5. The van der Waals surface area contributed by atoms with Gasteiger partial charge in [-0.15, -0.1) is 0 Å². The highest BCUT2D eigenvalue weighted by Gasteiger charge is 2.13. The summed E-state index contributed by atoms with van der Waals surface area (Å²) in [5.41, 5.74) is 2.22. The molecular weight excluding hydrogens is 302 g/mol. The number of hydrogen-bond donors (Lipinski definition) is 1. The number of aromatic nitrogens is 2. The van der Waals surface area contributed by atoms with E-state index >= 15 is 0 Å². The van der Waals surface area contributed by atoms with Gasteiger partial charge in [0.25, 0.3) is 11.2 Å². The van der Waals surface area contributed by atoms with Crippen LogP contribution in [-0.2, 0) is 12.2 Å². The molecule has 0 unspecified atom stereocenters. The largest absolute Gasteiger partial charge is 0.301 e. The molecule has 22 heavy (non-hydrogen) atoms. The zero-order valence-corrected chi connectivity index (χ0v) is 13.3. The Bertz CT molecular complexity index is 743. The summed E-state index contributed by atoms with van der Waals surface area (Å²) in [6, 6.07) is 6.52. The summed E-state index contributed by atoms with van der Waals surface area (Å²) < 4.78 is 0. The van der Waals surface area contributed by atoms with Gasteiger partial charge in [-0.1, -0.05) is 37.2 Å². The van der Waals surface area contributed by atoms with Crippen molar-refractivity contribution in [2.24, 2.45) is 0 Å². The normalized spacial score (nSPS) is 10.6. The van der Waals surface area contributed by atoms with E-state index in [2.05, 4.69) is 9.97 Å². The first-order valence-electron chi connectivity index (χ1n) is 6.97. The molecule has 0 bridgehead atoms. The number of benzene rings is 1. The van der Waals surface area contributed by atoms with Crippen molar-refractivity contribution in [1.82, 2.24) is 9.97 Å². The topological polar surface area (TPSA) is 88.9 Å². The number of thioether (sulfide) groups is 1. The van der Waals surface area contributed by atoms with E-state index in [1.807, 2.05) is 13.0 Å². The lowest BCUT2D eigenvalue weighted by molar-refractivity contribution is -0.385. The summed E-state index contributed by atoms with van der Waals surface area (Å²) in [7, 11) is 0. The van der Waals surface area contributed by atoms with E-state index < -0.39 is 0 Å². The second-order valence-corrected chi connectivity index (χ2v) is 5.86. The minimum absolute atomic E-state index is 0.110. The lowest BCUT2D eigenvalue weighted by atomic mass is 10.1. The molecule has 0 fully saturated rings. The van der Waals surface area contributed by atoms with E-state index in [0.29, 0.717) is 16.5 Å². The van der Waals surface area contributed by atoms with Gasteiger partial charge in [-0.25, -0.2) is 4.98 Å². The SMILES string of the molecule is CCCc1cc(=O)[nH]c(SCc2cccc([N+](=O)[O-])c2C)n1. The standard InChI is InChI=1S/C15H17N3O3S/c1-3-5-12-8-14(19)17-15(16-12)22-9-11-6-4-7-13(10(11)2)18(20)21/h4,6-8H,3,5,9H2,1-2H3,(H,16,17,19). The van der Waals surface area contributed by atoms with Gasteiger partial charge in [-0.3, -0.25) is 14.9 Å². The van der Waals surface area contributed by atoms with Crippen LogP contribution in [0.1, 0.15) is 30.2 Å². The van der Waals surface area contributed by atoms with Crippen molar-refractivity contribution in [2.45, 2.75) is 37.6 Å². The van der Waals surface area contributed by atoms with Crippen LogP contribution in [0.25, 0.3) is 0 Å². The second kappa shape index (κ2) is 7.22. The van der Waals surface area contributed by atoms with Gasteiger partial charge in [-0.05, 0) is 18.9 Å². The van der Waals surface area contributed by atoms with E-state index in [9.17, 15) is 14.9 Å². The molecule has 116 valence electrons. The molecular formula is C15H17N3O3S. The van der Waals surface area contributed by atoms with Crippen molar-refractivity contribution in [3.8, 4) is 0 Å². The van der Waals surface area contributed by atoms with Gasteiger partial charge in [0.1, 0.15) is 0 Å². The average molecular weight is 319 g/mol. The summed E-state index contributed by atoms with van der Waals surface area (Å²) in [6.07, 6.45) is 1.68. The maximum absolute atomic E-state index is 11.6. The lowest BCUT2D eigenvalue weighted by Crippen LogP contribution is -2.10. The van der Waals surface area contributed by atoms with Crippen LogP contribution in [0.2, 0.25) is 0 Å². The van der Waals surface area contributed by atoms with Crippen molar-refractivity contribution < 1.29 is 4.92 Å². The molecule has 0 aliphatic heterocycles. The number of aromatic amines is 1. The van der Waals surface area contributed by atoms with Crippen molar-refractivity contribution >= 4 is 17.4 Å². The van der Waals surface area contributed by atoms with Crippen LogP contribution in [0, 0.1) is 17.0 Å². The van der Waals surface area contributed by atoms with E-state index in [4.69, 9.17) is 0 Å². The second-order valence-electron chi connectivity index (χ2n) is 4.90. The van der Waals surface area contributed by atoms with Gasteiger partial charge < -0.3 is 4.98 Å². The van der Waals surface area contributed by atoms with Crippen molar-refractivity contribution in [1.29, 1.82) is 0 Å². The number of nitrogens with one attached hydrogen (secondary N) is 1. The Hall–Kier alpha value is -2.15. The third-order valence-electron chi connectivity index (χ3n) is 3.26. The fourth-order valence-electron chi connectivity index (χ4n) is 2.11. The van der Waals surface area contributed by atoms with Gasteiger partial charge in [0, 0.05) is 29.1 Å². The third-order valence-corrected chi connectivity index (χ3v) is 4.18. The molecule has 0 saturated heterocycles. The number of hydrogen-bond acceptors (Lipinski definition) is 5. The molecule has 1 aromatic carbocycles. The van der Waals surface area contributed by atoms with Gasteiger partial charge in [0.15, 0.2) is 5.16 Å². The van der Waals surface area contributed by atoms with Crippen LogP contribution >= 0.6 is 11.8 Å². The van der Waals surface area contributed by atoms with E-state index in [0.717, 1.165) is 24.1 Å². The van der Waals surface area contributed by atoms with Crippen molar-refractivity contribution in [2.75, 3.05) is 0 Å². The van der Waals surface area contributed by atoms with Crippen LogP contribution < -0.4 is 5.56 Å². The highest BCUT2D eigenvalue weighted by Crippen LogP contribution is 2.26. The number of aryl methyl sites for hydroxylation is 1. The first-order chi connectivity index (χ1) is 10.5. The number of H-pyrrole nitrogens is 1. The molecule has 2 rings (SSSR count). The molecule has 0 saturated carbocycles. The summed E-state index contributed by atoms with van der Waals surface area (Å²) in [4.78, 5) is 29.3. The monoisotopic (exact) mass is 319 g/mol. The van der Waals surface area contributed by atoms with Gasteiger partial charge in [0.05, 0.1) is 4.92 Å². The average Bonchev–Trinajstić information content (AvgIpc) is 2.45. The fourth-order valence-corrected chi connectivity index (χ4v) is 3.07. The number of rotatable bonds is 6. The summed E-state index contributed by atoms with van der Waals surface area (Å²) >= 11 is 1.37. The van der Waals surface area contributed by atoms with Crippen molar-refractivity contribution in [3.05, 3.63) is 61.6 Å². The zero-order chi connectivity index (χ0) is 16.1. The van der Waals surface area contributed by atoms with Gasteiger partial charge in [-0.2, -0.15) is 0 Å². The Morgan fingerprint density at radius 1 is 1.41 bits per heavy atom. The molecule has 7 heteroatoms. The fraction of sp³-hybridized carbons (Fsp3) is 0.333. The maximum Gasteiger partial charge on any atom is 0.272 e. The molecule has 0 spiro atoms. The maximum atomic E-state index is 11.6. The van der Waals surface area contributed by atoms with Crippen LogP contribution in [-0.4, -0.2) is 14.9 Å². The highest BCUT2D eigenvalue weighted by atomic mass is 32.2. The van der Waals surface area contributed by atoms with Crippen LogP contribution in [0.15, 0.2) is 34.2 Å². The van der Waals surface area contributed by atoms with Crippen LogP contribution in [0.3, 0.4) is 0 Å². The predicted octanol–water partition coefficient (Wildman–Crippen LogP) is 3.23. The number of nitrogens with zero attached hydrogens (tertiary/aromatic N) is 2. The smallest absolute Gasteiger partial charge is 0.272 e. The number of nitro benzene ring substituents is 1. The Labute approximate surface area is 132 Å². The Morgan fingerprint density at radius 3 is 2.86 bits per heavy atom.